The van der Waals surface area contributed by atoms with Crippen LogP contribution in [-0.2, 0) is 7.05 Å². The van der Waals surface area contributed by atoms with Gasteiger partial charge in [0.25, 0.3) is 0 Å². The minimum atomic E-state index is -0.292. The Kier molecular flexibility index (Phi) is 3.70. The van der Waals surface area contributed by atoms with Crippen molar-refractivity contribution in [2.45, 2.75) is 5.16 Å². The molecule has 2 aromatic heterocycles. The highest BCUT2D eigenvalue weighted by molar-refractivity contribution is 7.99. The van der Waals surface area contributed by atoms with Crippen LogP contribution in [0.4, 0.5) is 0 Å². The van der Waals surface area contributed by atoms with Gasteiger partial charge in [0, 0.05) is 7.05 Å². The highest BCUT2D eigenvalue weighted by Gasteiger charge is 2.12. The van der Waals surface area contributed by atoms with E-state index in [0.29, 0.717) is 14.4 Å². The van der Waals surface area contributed by atoms with E-state index in [-0.39, 0.29) is 17.2 Å². The molecule has 0 fully saturated rings. The number of thioether (sulfide) groups is 1. The van der Waals surface area contributed by atoms with Crippen molar-refractivity contribution < 1.29 is 4.79 Å². The van der Waals surface area contributed by atoms with Gasteiger partial charge < -0.3 is 0 Å². The van der Waals surface area contributed by atoms with Crippen LogP contribution in [0, 0.1) is 0 Å². The summed E-state index contributed by atoms with van der Waals surface area (Å²) in [5.74, 6) is 0.206. The van der Waals surface area contributed by atoms with Gasteiger partial charge >= 0.3 is 5.69 Å². The van der Waals surface area contributed by atoms with Crippen LogP contribution in [0.5, 0.6) is 0 Å². The van der Waals surface area contributed by atoms with Crippen molar-refractivity contribution in [1.29, 1.82) is 0 Å². The SMILES string of the molecule is Cn1c(SCC(=O)c2ccc(Cl)s2)n[nH]c1=O. The maximum Gasteiger partial charge on any atom is 0.343 e. The van der Waals surface area contributed by atoms with Crippen molar-refractivity contribution >= 4 is 40.5 Å². The Bertz CT molecular complexity index is 601. The molecule has 0 aliphatic heterocycles. The van der Waals surface area contributed by atoms with E-state index >= 15 is 0 Å². The summed E-state index contributed by atoms with van der Waals surface area (Å²) in [7, 11) is 1.60. The highest BCUT2D eigenvalue weighted by Crippen LogP contribution is 2.23. The number of carbonyl (C=O) groups excluding carboxylic acids is 1. The summed E-state index contributed by atoms with van der Waals surface area (Å²) >= 11 is 8.21. The van der Waals surface area contributed by atoms with E-state index in [9.17, 15) is 9.59 Å². The molecule has 0 aliphatic rings. The minimum absolute atomic E-state index is 0.0256. The van der Waals surface area contributed by atoms with Crippen molar-refractivity contribution in [3.8, 4) is 0 Å². The molecule has 0 saturated heterocycles. The Morgan fingerprint density at radius 2 is 2.41 bits per heavy atom. The number of ketones is 1. The second-order valence-electron chi connectivity index (χ2n) is 3.19. The highest BCUT2D eigenvalue weighted by atomic mass is 35.5. The number of H-pyrrole nitrogens is 1. The van der Waals surface area contributed by atoms with E-state index in [1.54, 1.807) is 19.2 Å². The molecule has 2 heterocycles. The number of halogens is 1. The number of hydrogen-bond donors (Lipinski definition) is 1. The third-order valence-electron chi connectivity index (χ3n) is 2.02. The molecule has 90 valence electrons. The van der Waals surface area contributed by atoms with Crippen molar-refractivity contribution in [2.24, 2.45) is 7.05 Å². The molecule has 0 spiro atoms. The lowest BCUT2D eigenvalue weighted by molar-refractivity contribution is 0.102. The number of rotatable bonds is 4. The largest absolute Gasteiger partial charge is 0.343 e. The average molecular weight is 290 g/mol. The molecule has 1 N–H and O–H groups in total. The second-order valence-corrected chi connectivity index (χ2v) is 5.84. The van der Waals surface area contributed by atoms with Crippen LogP contribution in [0.2, 0.25) is 4.34 Å². The van der Waals surface area contributed by atoms with E-state index in [1.165, 1.54) is 27.7 Å². The number of Topliss-reactive ketones (excluding diaryl/α,β-unsaturated/α-hetero) is 1. The molecule has 0 atom stereocenters. The van der Waals surface area contributed by atoms with Gasteiger partial charge in [-0.15, -0.1) is 16.4 Å². The van der Waals surface area contributed by atoms with Gasteiger partial charge in [-0.25, -0.2) is 9.89 Å². The summed E-state index contributed by atoms with van der Waals surface area (Å²) in [5.41, 5.74) is -0.292. The summed E-state index contributed by atoms with van der Waals surface area (Å²) in [6.45, 7) is 0. The van der Waals surface area contributed by atoms with Gasteiger partial charge in [-0.05, 0) is 12.1 Å². The van der Waals surface area contributed by atoms with Crippen molar-refractivity contribution in [1.82, 2.24) is 14.8 Å². The molecule has 0 saturated carbocycles. The third-order valence-corrected chi connectivity index (χ3v) is 4.32. The van der Waals surface area contributed by atoms with Gasteiger partial charge in [-0.2, -0.15) is 0 Å². The Morgan fingerprint density at radius 1 is 1.65 bits per heavy atom. The van der Waals surface area contributed by atoms with Crippen LogP contribution in [0.1, 0.15) is 9.67 Å². The molecular weight excluding hydrogens is 282 g/mol. The van der Waals surface area contributed by atoms with Crippen molar-refractivity contribution in [3.63, 3.8) is 0 Å². The molecule has 0 aliphatic carbocycles. The van der Waals surface area contributed by atoms with Gasteiger partial charge in [0.05, 0.1) is 15.0 Å². The molecule has 0 unspecified atom stereocenters. The van der Waals surface area contributed by atoms with Gasteiger partial charge in [0.15, 0.2) is 10.9 Å². The van der Waals surface area contributed by atoms with Crippen LogP contribution >= 0.6 is 34.7 Å². The summed E-state index contributed by atoms with van der Waals surface area (Å²) in [6.07, 6.45) is 0. The van der Waals surface area contributed by atoms with Crippen LogP contribution in [0.3, 0.4) is 0 Å². The van der Waals surface area contributed by atoms with E-state index in [4.69, 9.17) is 11.6 Å². The monoisotopic (exact) mass is 289 g/mol. The first-order chi connectivity index (χ1) is 8.08. The fourth-order valence-electron chi connectivity index (χ4n) is 1.13. The summed E-state index contributed by atoms with van der Waals surface area (Å²) < 4.78 is 1.95. The zero-order valence-corrected chi connectivity index (χ0v) is 11.2. The zero-order chi connectivity index (χ0) is 12.4. The lowest BCUT2D eigenvalue weighted by Crippen LogP contribution is -2.13. The molecule has 8 heteroatoms. The number of nitrogens with one attached hydrogen (secondary N) is 1. The maximum absolute atomic E-state index is 11.8. The van der Waals surface area contributed by atoms with Crippen LogP contribution < -0.4 is 5.69 Å². The number of aromatic amines is 1. The maximum atomic E-state index is 11.8. The smallest absolute Gasteiger partial charge is 0.292 e. The predicted octanol–water partition coefficient (Wildman–Crippen LogP) is 1.80. The molecular formula is C9H8ClN3O2S2. The summed E-state index contributed by atoms with van der Waals surface area (Å²) in [4.78, 5) is 23.5. The average Bonchev–Trinajstić information content (AvgIpc) is 2.86. The minimum Gasteiger partial charge on any atom is -0.292 e. The lowest BCUT2D eigenvalue weighted by Gasteiger charge is -1.97. The summed E-state index contributed by atoms with van der Waals surface area (Å²) in [5, 5.41) is 6.60. The molecule has 17 heavy (non-hydrogen) atoms. The van der Waals surface area contributed by atoms with Gasteiger partial charge in [0.2, 0.25) is 0 Å². The number of hydrogen-bond acceptors (Lipinski definition) is 5. The first kappa shape index (κ1) is 12.4. The van der Waals surface area contributed by atoms with Gasteiger partial charge in [0.1, 0.15) is 0 Å². The summed E-state index contributed by atoms with van der Waals surface area (Å²) in [6, 6.07) is 3.38. The Labute approximate surface area is 110 Å². The predicted molar refractivity (Wildman–Crippen MR) is 68.2 cm³/mol. The topological polar surface area (TPSA) is 67.8 Å². The molecule has 0 amide bonds. The van der Waals surface area contributed by atoms with E-state index in [0.717, 1.165) is 0 Å². The fourth-order valence-corrected chi connectivity index (χ4v) is 3.00. The third kappa shape index (κ3) is 2.80. The van der Waals surface area contributed by atoms with Crippen LogP contribution in [0.15, 0.2) is 22.1 Å². The molecule has 5 nitrogen and oxygen atoms in total. The Morgan fingerprint density at radius 3 is 2.94 bits per heavy atom. The zero-order valence-electron chi connectivity index (χ0n) is 8.77. The van der Waals surface area contributed by atoms with Crippen LogP contribution in [0.25, 0.3) is 0 Å². The van der Waals surface area contributed by atoms with E-state index < -0.39 is 0 Å². The lowest BCUT2D eigenvalue weighted by atomic mass is 10.4. The van der Waals surface area contributed by atoms with Gasteiger partial charge in [-0.3, -0.25) is 9.36 Å². The second kappa shape index (κ2) is 5.07. The van der Waals surface area contributed by atoms with Crippen molar-refractivity contribution in [2.75, 3.05) is 5.75 Å². The van der Waals surface area contributed by atoms with E-state index in [1.807, 2.05) is 0 Å². The van der Waals surface area contributed by atoms with Gasteiger partial charge in [-0.1, -0.05) is 23.4 Å². The quantitative estimate of drug-likeness (QED) is 0.688. The number of carbonyl (C=O) groups is 1. The molecule has 2 rings (SSSR count). The number of thiophene rings is 1. The molecule has 0 bridgehead atoms. The molecule has 2 aromatic rings. The van der Waals surface area contributed by atoms with Crippen LogP contribution in [-0.4, -0.2) is 26.3 Å². The Balaban J connectivity index is 2.01. The normalized spacial score (nSPS) is 10.7. The number of aromatic nitrogens is 3. The number of nitrogens with zero attached hydrogens (tertiary/aromatic N) is 2. The van der Waals surface area contributed by atoms with Crippen molar-refractivity contribution in [3.05, 3.63) is 31.8 Å². The first-order valence-corrected chi connectivity index (χ1v) is 6.78. The molecule has 0 aromatic carbocycles. The molecule has 0 radical (unpaired) electrons. The Hall–Kier alpha value is -1.05. The standard InChI is InChI=1S/C9H8ClN3O2S2/c1-13-8(15)11-12-9(13)16-4-5(14)6-2-3-7(10)17-6/h2-3H,4H2,1H3,(H,11,15). The fraction of sp³-hybridized carbons (Fsp3) is 0.222. The van der Waals surface area contributed by atoms with E-state index in [2.05, 4.69) is 10.2 Å². The first-order valence-electron chi connectivity index (χ1n) is 4.60.